The summed E-state index contributed by atoms with van der Waals surface area (Å²) in [5.74, 6) is 1.52. The molecule has 1 amide bonds. The molecule has 1 aromatic rings. The number of anilines is 1. The van der Waals surface area contributed by atoms with Gasteiger partial charge in [-0.1, -0.05) is 20.8 Å². The van der Waals surface area contributed by atoms with Gasteiger partial charge in [-0.3, -0.25) is 4.79 Å². The minimum atomic E-state index is -0.106. The van der Waals surface area contributed by atoms with Gasteiger partial charge in [-0.15, -0.1) is 0 Å². The Balaban J connectivity index is 2.16. The first-order chi connectivity index (χ1) is 9.01. The van der Waals surface area contributed by atoms with E-state index in [1.165, 1.54) is 0 Å². The molecule has 0 unspecified atom stereocenters. The van der Waals surface area contributed by atoms with E-state index >= 15 is 0 Å². The van der Waals surface area contributed by atoms with Crippen LogP contribution in [0.25, 0.3) is 0 Å². The van der Waals surface area contributed by atoms with Gasteiger partial charge in [-0.2, -0.15) is 0 Å². The summed E-state index contributed by atoms with van der Waals surface area (Å²) in [4.78, 5) is 20.9. The van der Waals surface area contributed by atoms with Crippen molar-refractivity contribution in [2.75, 3.05) is 12.4 Å². The quantitative estimate of drug-likeness (QED) is 0.872. The summed E-state index contributed by atoms with van der Waals surface area (Å²) in [5, 5.41) is 6.01. The molecule has 1 saturated carbocycles. The summed E-state index contributed by atoms with van der Waals surface area (Å²) in [7, 11) is 1.77. The molecular weight excluding hydrogens is 240 g/mol. The van der Waals surface area contributed by atoms with Gasteiger partial charge in [0.1, 0.15) is 5.82 Å². The van der Waals surface area contributed by atoms with Gasteiger partial charge in [0, 0.05) is 19.0 Å². The largest absolute Gasteiger partial charge is 0.385 e. The highest BCUT2D eigenvalue weighted by atomic mass is 16.2. The van der Waals surface area contributed by atoms with Gasteiger partial charge in [-0.05, 0) is 18.8 Å². The van der Waals surface area contributed by atoms with Gasteiger partial charge < -0.3 is 10.6 Å². The summed E-state index contributed by atoms with van der Waals surface area (Å²) >= 11 is 0. The van der Waals surface area contributed by atoms with Crippen molar-refractivity contribution in [1.82, 2.24) is 15.3 Å². The van der Waals surface area contributed by atoms with E-state index in [4.69, 9.17) is 0 Å². The molecule has 0 radical (unpaired) electrons. The van der Waals surface area contributed by atoms with Crippen LogP contribution < -0.4 is 10.6 Å². The molecule has 0 atom stereocenters. The fraction of sp³-hybridized carbons (Fsp3) is 0.643. The molecule has 1 aliphatic carbocycles. The fourth-order valence-electron chi connectivity index (χ4n) is 2.30. The lowest BCUT2D eigenvalue weighted by Crippen LogP contribution is -2.43. The predicted octanol–water partition coefficient (Wildman–Crippen LogP) is 2.17. The van der Waals surface area contributed by atoms with E-state index in [2.05, 4.69) is 27.5 Å². The van der Waals surface area contributed by atoms with Crippen LogP contribution in [-0.2, 0) is 0 Å². The fourth-order valence-corrected chi connectivity index (χ4v) is 2.30. The maximum Gasteiger partial charge on any atom is 0.272 e. The van der Waals surface area contributed by atoms with Crippen molar-refractivity contribution < 1.29 is 4.79 Å². The summed E-state index contributed by atoms with van der Waals surface area (Å²) in [6.07, 6.45) is 3.80. The molecule has 5 nitrogen and oxygen atoms in total. The Morgan fingerprint density at radius 3 is 2.63 bits per heavy atom. The molecule has 0 spiro atoms. The first kappa shape index (κ1) is 13.8. The van der Waals surface area contributed by atoms with E-state index in [1.54, 1.807) is 13.2 Å². The zero-order valence-electron chi connectivity index (χ0n) is 12.0. The maximum absolute atomic E-state index is 12.3. The van der Waals surface area contributed by atoms with Crippen LogP contribution in [0.4, 0.5) is 5.69 Å². The number of hydrogen-bond donors (Lipinski definition) is 2. The molecule has 0 aromatic carbocycles. The van der Waals surface area contributed by atoms with Crippen molar-refractivity contribution in [2.24, 2.45) is 5.92 Å². The highest BCUT2D eigenvalue weighted by Crippen LogP contribution is 2.27. The molecule has 5 heteroatoms. The normalized spacial score (nSPS) is 21.9. The minimum absolute atomic E-state index is 0.106. The number of hydrogen-bond acceptors (Lipinski definition) is 4. The molecule has 0 saturated heterocycles. The lowest BCUT2D eigenvalue weighted by molar-refractivity contribution is 0.0891. The van der Waals surface area contributed by atoms with Crippen LogP contribution >= 0.6 is 0 Å². The number of amides is 1. The third kappa shape index (κ3) is 3.03. The van der Waals surface area contributed by atoms with Crippen molar-refractivity contribution in [3.8, 4) is 0 Å². The number of nitrogens with zero attached hydrogens (tertiary/aromatic N) is 2. The minimum Gasteiger partial charge on any atom is -0.385 e. The van der Waals surface area contributed by atoms with Crippen molar-refractivity contribution in [1.29, 1.82) is 0 Å². The summed E-state index contributed by atoms with van der Waals surface area (Å²) < 4.78 is 0. The number of nitrogens with one attached hydrogen (secondary N) is 2. The van der Waals surface area contributed by atoms with E-state index < -0.39 is 0 Å². The van der Waals surface area contributed by atoms with Crippen molar-refractivity contribution in [3.05, 3.63) is 17.7 Å². The molecule has 1 aromatic heterocycles. The molecule has 0 bridgehead atoms. The maximum atomic E-state index is 12.3. The van der Waals surface area contributed by atoms with Gasteiger partial charge in [-0.25, -0.2) is 9.97 Å². The third-order valence-corrected chi connectivity index (χ3v) is 3.52. The van der Waals surface area contributed by atoms with Gasteiger partial charge in [0.15, 0.2) is 5.69 Å². The van der Waals surface area contributed by atoms with Crippen LogP contribution in [0.3, 0.4) is 0 Å². The van der Waals surface area contributed by atoms with Gasteiger partial charge in [0.2, 0.25) is 0 Å². The standard InChI is InChI=1S/C14H22N4O/c1-8(2)13-16-7-11(15-4)12(18-13)14(19)17-10-5-9(3)6-10/h7-10,15H,5-6H2,1-4H3,(H,17,19). The summed E-state index contributed by atoms with van der Waals surface area (Å²) in [5.41, 5.74) is 1.12. The Kier molecular flexibility index (Phi) is 4.02. The van der Waals surface area contributed by atoms with Gasteiger partial charge in [0.25, 0.3) is 5.91 Å². The molecule has 104 valence electrons. The molecule has 2 N–H and O–H groups in total. The Labute approximate surface area is 114 Å². The van der Waals surface area contributed by atoms with E-state index in [9.17, 15) is 4.79 Å². The number of carbonyl (C=O) groups is 1. The Hall–Kier alpha value is -1.65. The first-order valence-electron chi connectivity index (χ1n) is 6.86. The molecular formula is C14H22N4O. The predicted molar refractivity (Wildman–Crippen MR) is 75.3 cm³/mol. The summed E-state index contributed by atoms with van der Waals surface area (Å²) in [6, 6.07) is 0.296. The Bertz CT molecular complexity index is 467. The Morgan fingerprint density at radius 1 is 1.42 bits per heavy atom. The summed E-state index contributed by atoms with van der Waals surface area (Å²) in [6.45, 7) is 6.23. The third-order valence-electron chi connectivity index (χ3n) is 3.52. The second-order valence-electron chi connectivity index (χ2n) is 5.64. The molecule has 1 fully saturated rings. The number of rotatable bonds is 4. The zero-order chi connectivity index (χ0) is 14.0. The van der Waals surface area contributed by atoms with Gasteiger partial charge >= 0.3 is 0 Å². The molecule has 0 aliphatic heterocycles. The van der Waals surface area contributed by atoms with E-state index in [1.807, 2.05) is 13.8 Å². The van der Waals surface area contributed by atoms with Crippen LogP contribution in [0.1, 0.15) is 55.8 Å². The zero-order valence-corrected chi connectivity index (χ0v) is 12.0. The average molecular weight is 262 g/mol. The van der Waals surface area contributed by atoms with Crippen molar-refractivity contribution in [2.45, 2.75) is 45.6 Å². The highest BCUT2D eigenvalue weighted by Gasteiger charge is 2.28. The van der Waals surface area contributed by atoms with Crippen LogP contribution in [0.5, 0.6) is 0 Å². The molecule has 1 aliphatic rings. The van der Waals surface area contributed by atoms with Crippen molar-refractivity contribution >= 4 is 11.6 Å². The highest BCUT2D eigenvalue weighted by molar-refractivity contribution is 5.97. The lowest BCUT2D eigenvalue weighted by atomic mass is 9.82. The molecule has 19 heavy (non-hydrogen) atoms. The van der Waals surface area contributed by atoms with E-state index in [-0.39, 0.29) is 11.8 Å². The number of aromatic nitrogens is 2. The molecule has 2 rings (SSSR count). The van der Waals surface area contributed by atoms with Crippen LogP contribution in [0.2, 0.25) is 0 Å². The number of carbonyl (C=O) groups excluding carboxylic acids is 1. The second kappa shape index (κ2) is 5.55. The SMILES string of the molecule is CNc1cnc(C(C)C)nc1C(=O)NC1CC(C)C1. The van der Waals surface area contributed by atoms with Crippen LogP contribution in [0.15, 0.2) is 6.20 Å². The smallest absolute Gasteiger partial charge is 0.272 e. The molecule has 1 heterocycles. The Morgan fingerprint density at radius 2 is 2.11 bits per heavy atom. The van der Waals surface area contributed by atoms with Gasteiger partial charge in [0.05, 0.1) is 11.9 Å². The van der Waals surface area contributed by atoms with Crippen molar-refractivity contribution in [3.63, 3.8) is 0 Å². The average Bonchev–Trinajstić information content (AvgIpc) is 2.35. The van der Waals surface area contributed by atoms with Crippen LogP contribution in [-0.4, -0.2) is 29.0 Å². The first-order valence-corrected chi connectivity index (χ1v) is 6.86. The van der Waals surface area contributed by atoms with E-state index in [0.29, 0.717) is 29.2 Å². The second-order valence-corrected chi connectivity index (χ2v) is 5.64. The monoisotopic (exact) mass is 262 g/mol. The van der Waals surface area contributed by atoms with Crippen LogP contribution in [0, 0.1) is 5.92 Å². The topological polar surface area (TPSA) is 66.9 Å². The van der Waals surface area contributed by atoms with E-state index in [0.717, 1.165) is 12.8 Å². The lowest BCUT2D eigenvalue weighted by Gasteiger charge is -2.33.